The largest absolute Gasteiger partial charge is 0.481 e. The lowest BCUT2D eigenvalue weighted by Crippen LogP contribution is -2.43. The SMILES string of the molecule is CC(Oc1ccc(Cl)cc1)C(=O)N1CCCN(C(=O)CCC2CCCCC2)CC1. The third kappa shape index (κ3) is 6.63. The van der Waals surface area contributed by atoms with Crippen LogP contribution in [0.2, 0.25) is 5.02 Å². The molecule has 0 bridgehead atoms. The summed E-state index contributed by atoms with van der Waals surface area (Å²) in [6.07, 6.45) is 8.45. The van der Waals surface area contributed by atoms with Crippen LogP contribution in [-0.4, -0.2) is 53.9 Å². The molecule has 1 aromatic carbocycles. The standard InChI is InChI=1S/C23H33ClN2O3/c1-18(29-21-11-9-20(24)10-12-21)23(28)26-15-5-14-25(16-17-26)22(27)13-8-19-6-3-2-4-7-19/h9-12,18-19H,2-8,13-17H2,1H3. The number of rotatable bonds is 6. The second-order valence-electron chi connectivity index (χ2n) is 8.32. The maximum atomic E-state index is 12.8. The van der Waals surface area contributed by atoms with Crippen molar-refractivity contribution in [1.82, 2.24) is 9.80 Å². The summed E-state index contributed by atoms with van der Waals surface area (Å²) in [5.41, 5.74) is 0. The summed E-state index contributed by atoms with van der Waals surface area (Å²) >= 11 is 5.89. The number of carbonyl (C=O) groups is 2. The van der Waals surface area contributed by atoms with Gasteiger partial charge in [-0.3, -0.25) is 9.59 Å². The third-order valence-corrected chi connectivity index (χ3v) is 6.38. The average Bonchev–Trinajstić information content (AvgIpc) is 3.00. The molecule has 2 fully saturated rings. The lowest BCUT2D eigenvalue weighted by molar-refractivity contribution is -0.138. The van der Waals surface area contributed by atoms with Crippen LogP contribution in [0.15, 0.2) is 24.3 Å². The van der Waals surface area contributed by atoms with E-state index in [1.165, 1.54) is 32.1 Å². The third-order valence-electron chi connectivity index (χ3n) is 6.13. The van der Waals surface area contributed by atoms with Crippen molar-refractivity contribution in [1.29, 1.82) is 0 Å². The first-order valence-electron chi connectivity index (χ1n) is 11.0. The monoisotopic (exact) mass is 420 g/mol. The molecule has 1 atom stereocenters. The van der Waals surface area contributed by atoms with Crippen molar-refractivity contribution in [3.8, 4) is 5.75 Å². The highest BCUT2D eigenvalue weighted by Crippen LogP contribution is 2.27. The molecular weight excluding hydrogens is 388 g/mol. The Labute approximate surface area is 179 Å². The minimum absolute atomic E-state index is 0.0311. The first-order valence-corrected chi connectivity index (χ1v) is 11.4. The van der Waals surface area contributed by atoms with E-state index in [2.05, 4.69) is 0 Å². The zero-order valence-electron chi connectivity index (χ0n) is 17.4. The highest BCUT2D eigenvalue weighted by molar-refractivity contribution is 6.30. The molecule has 1 saturated carbocycles. The predicted octanol–water partition coefficient (Wildman–Crippen LogP) is 4.53. The fourth-order valence-electron chi connectivity index (χ4n) is 4.37. The van der Waals surface area contributed by atoms with Gasteiger partial charge in [-0.05, 0) is 49.9 Å². The molecule has 29 heavy (non-hydrogen) atoms. The summed E-state index contributed by atoms with van der Waals surface area (Å²) in [5, 5.41) is 0.636. The molecule has 1 saturated heterocycles. The second kappa shape index (κ2) is 10.9. The number of nitrogens with zero attached hydrogens (tertiary/aromatic N) is 2. The topological polar surface area (TPSA) is 49.9 Å². The normalized spacial score (nSPS) is 19.5. The van der Waals surface area contributed by atoms with E-state index in [1.54, 1.807) is 31.2 Å². The van der Waals surface area contributed by atoms with Gasteiger partial charge < -0.3 is 14.5 Å². The van der Waals surface area contributed by atoms with Crippen LogP contribution in [0, 0.1) is 5.92 Å². The van der Waals surface area contributed by atoms with Crippen LogP contribution in [0.1, 0.15) is 58.3 Å². The number of hydrogen-bond acceptors (Lipinski definition) is 3. The van der Waals surface area contributed by atoms with E-state index in [-0.39, 0.29) is 11.8 Å². The van der Waals surface area contributed by atoms with Gasteiger partial charge in [0.2, 0.25) is 5.91 Å². The van der Waals surface area contributed by atoms with Crippen LogP contribution in [0.5, 0.6) is 5.75 Å². The van der Waals surface area contributed by atoms with Gasteiger partial charge in [0.1, 0.15) is 5.75 Å². The van der Waals surface area contributed by atoms with Gasteiger partial charge in [0.05, 0.1) is 0 Å². The van der Waals surface area contributed by atoms with Crippen LogP contribution >= 0.6 is 11.6 Å². The quantitative estimate of drug-likeness (QED) is 0.679. The number of carbonyl (C=O) groups excluding carboxylic acids is 2. The Bertz CT molecular complexity index is 673. The molecule has 0 aromatic heterocycles. The van der Waals surface area contributed by atoms with Crippen LogP contribution < -0.4 is 4.74 Å². The Morgan fingerprint density at radius 3 is 2.38 bits per heavy atom. The Hall–Kier alpha value is -1.75. The number of benzene rings is 1. The first kappa shape index (κ1) is 21.9. The van der Waals surface area contributed by atoms with Gasteiger partial charge in [-0.25, -0.2) is 0 Å². The van der Waals surface area contributed by atoms with E-state index in [4.69, 9.17) is 16.3 Å². The van der Waals surface area contributed by atoms with E-state index in [0.29, 0.717) is 36.8 Å². The van der Waals surface area contributed by atoms with Crippen molar-refractivity contribution in [2.75, 3.05) is 26.2 Å². The van der Waals surface area contributed by atoms with Gasteiger partial charge in [0.15, 0.2) is 6.10 Å². The zero-order valence-corrected chi connectivity index (χ0v) is 18.2. The Balaban J connectivity index is 1.44. The Morgan fingerprint density at radius 2 is 1.66 bits per heavy atom. The van der Waals surface area contributed by atoms with Gasteiger partial charge in [-0.2, -0.15) is 0 Å². The molecule has 0 spiro atoms. The fraction of sp³-hybridized carbons (Fsp3) is 0.652. The van der Waals surface area contributed by atoms with Crippen molar-refractivity contribution >= 4 is 23.4 Å². The molecule has 1 heterocycles. The molecule has 1 unspecified atom stereocenters. The molecule has 0 radical (unpaired) electrons. The molecule has 0 N–H and O–H groups in total. The number of halogens is 1. The zero-order chi connectivity index (χ0) is 20.6. The van der Waals surface area contributed by atoms with Crippen molar-refractivity contribution in [3.05, 3.63) is 29.3 Å². The molecule has 5 nitrogen and oxygen atoms in total. The fourth-order valence-corrected chi connectivity index (χ4v) is 4.50. The summed E-state index contributed by atoms with van der Waals surface area (Å²) < 4.78 is 5.77. The van der Waals surface area contributed by atoms with Gasteiger partial charge in [-0.1, -0.05) is 43.7 Å². The molecule has 2 amide bonds. The average molecular weight is 421 g/mol. The molecule has 3 rings (SSSR count). The Morgan fingerprint density at radius 1 is 1.00 bits per heavy atom. The minimum atomic E-state index is -0.565. The molecular formula is C23H33ClN2O3. The molecule has 1 aliphatic carbocycles. The van der Waals surface area contributed by atoms with E-state index >= 15 is 0 Å². The smallest absolute Gasteiger partial charge is 0.263 e. The molecule has 1 aromatic rings. The van der Waals surface area contributed by atoms with Crippen molar-refractivity contribution in [2.24, 2.45) is 5.92 Å². The highest BCUT2D eigenvalue weighted by Gasteiger charge is 2.26. The van der Waals surface area contributed by atoms with Crippen LogP contribution in [-0.2, 0) is 9.59 Å². The highest BCUT2D eigenvalue weighted by atomic mass is 35.5. The maximum absolute atomic E-state index is 12.8. The van der Waals surface area contributed by atoms with Crippen molar-refractivity contribution < 1.29 is 14.3 Å². The molecule has 1 aliphatic heterocycles. The molecule has 6 heteroatoms. The lowest BCUT2D eigenvalue weighted by atomic mass is 9.86. The lowest BCUT2D eigenvalue weighted by Gasteiger charge is -2.26. The number of amides is 2. The van der Waals surface area contributed by atoms with E-state index in [9.17, 15) is 9.59 Å². The van der Waals surface area contributed by atoms with Crippen molar-refractivity contribution in [2.45, 2.75) is 64.4 Å². The molecule has 2 aliphatic rings. The Kier molecular flexibility index (Phi) is 8.22. The second-order valence-corrected chi connectivity index (χ2v) is 8.75. The van der Waals surface area contributed by atoms with E-state index in [0.717, 1.165) is 25.3 Å². The predicted molar refractivity (Wildman–Crippen MR) is 115 cm³/mol. The van der Waals surface area contributed by atoms with E-state index in [1.807, 2.05) is 9.80 Å². The van der Waals surface area contributed by atoms with Crippen LogP contribution in [0.25, 0.3) is 0 Å². The number of hydrogen-bond donors (Lipinski definition) is 0. The summed E-state index contributed by atoms with van der Waals surface area (Å²) in [4.78, 5) is 29.2. The van der Waals surface area contributed by atoms with Gasteiger partial charge in [-0.15, -0.1) is 0 Å². The maximum Gasteiger partial charge on any atom is 0.263 e. The number of ether oxygens (including phenoxy) is 1. The summed E-state index contributed by atoms with van der Waals surface area (Å²) in [6, 6.07) is 7.02. The van der Waals surface area contributed by atoms with Gasteiger partial charge in [0.25, 0.3) is 5.91 Å². The van der Waals surface area contributed by atoms with Gasteiger partial charge >= 0.3 is 0 Å². The first-order chi connectivity index (χ1) is 14.0. The van der Waals surface area contributed by atoms with Crippen LogP contribution in [0.4, 0.5) is 0 Å². The summed E-state index contributed by atoms with van der Waals surface area (Å²) in [7, 11) is 0. The van der Waals surface area contributed by atoms with Gasteiger partial charge in [0, 0.05) is 37.6 Å². The van der Waals surface area contributed by atoms with Crippen molar-refractivity contribution in [3.63, 3.8) is 0 Å². The van der Waals surface area contributed by atoms with Crippen LogP contribution in [0.3, 0.4) is 0 Å². The van der Waals surface area contributed by atoms with E-state index < -0.39 is 6.10 Å². The molecule has 160 valence electrons. The summed E-state index contributed by atoms with van der Waals surface area (Å²) in [5.74, 6) is 1.57. The minimum Gasteiger partial charge on any atom is -0.481 e. The summed E-state index contributed by atoms with van der Waals surface area (Å²) in [6.45, 7) is 4.36.